The second kappa shape index (κ2) is 5.93. The Kier molecular flexibility index (Phi) is 4.21. The van der Waals surface area contributed by atoms with E-state index in [4.69, 9.17) is 21.1 Å². The Morgan fingerprint density at radius 1 is 1.33 bits per heavy atom. The smallest absolute Gasteiger partial charge is 0.424 e. The standard InChI is InChI=1S/C17H21ClN2O4/c1-16(2,3)23-14(21)20-13-5-4-11(18)10-12(13)17(24-15(20)22)6-8-19-9-7-17/h4-5,10,19H,6-9H2,1-3H3. The zero-order chi connectivity index (χ0) is 17.5. The van der Waals surface area contributed by atoms with Crippen molar-refractivity contribution in [3.05, 3.63) is 28.8 Å². The minimum absolute atomic E-state index is 0.479. The molecule has 24 heavy (non-hydrogen) atoms. The molecule has 6 nitrogen and oxygen atoms in total. The van der Waals surface area contributed by atoms with Crippen molar-refractivity contribution in [2.75, 3.05) is 18.0 Å². The van der Waals surface area contributed by atoms with Gasteiger partial charge in [-0.3, -0.25) is 0 Å². The Labute approximate surface area is 146 Å². The molecule has 2 heterocycles. The Balaban J connectivity index is 2.05. The number of nitrogens with zero attached hydrogens (tertiary/aromatic N) is 1. The average Bonchev–Trinajstić information content (AvgIpc) is 2.47. The van der Waals surface area contributed by atoms with Gasteiger partial charge in [-0.05, 0) is 52.1 Å². The van der Waals surface area contributed by atoms with Gasteiger partial charge >= 0.3 is 12.2 Å². The van der Waals surface area contributed by atoms with Crippen LogP contribution in [0.4, 0.5) is 15.3 Å². The molecule has 1 spiro atoms. The number of carbonyl (C=O) groups is 2. The first-order valence-corrected chi connectivity index (χ1v) is 8.36. The molecule has 1 aromatic carbocycles. The number of carbonyl (C=O) groups excluding carboxylic acids is 2. The van der Waals surface area contributed by atoms with Crippen LogP contribution in [-0.2, 0) is 15.1 Å². The molecule has 0 atom stereocenters. The van der Waals surface area contributed by atoms with E-state index in [1.54, 1.807) is 39.0 Å². The molecule has 0 saturated carbocycles. The summed E-state index contributed by atoms with van der Waals surface area (Å²) < 4.78 is 11.1. The molecule has 3 rings (SSSR count). The van der Waals surface area contributed by atoms with Crippen molar-refractivity contribution in [3.63, 3.8) is 0 Å². The first-order valence-electron chi connectivity index (χ1n) is 7.99. The molecule has 0 bridgehead atoms. The van der Waals surface area contributed by atoms with Gasteiger partial charge in [-0.2, -0.15) is 4.90 Å². The van der Waals surface area contributed by atoms with Crippen molar-refractivity contribution in [2.45, 2.75) is 44.8 Å². The van der Waals surface area contributed by atoms with E-state index in [1.165, 1.54) is 0 Å². The van der Waals surface area contributed by atoms with E-state index in [2.05, 4.69) is 5.32 Å². The predicted octanol–water partition coefficient (Wildman–Crippen LogP) is 3.81. The fraction of sp³-hybridized carbons (Fsp3) is 0.529. The van der Waals surface area contributed by atoms with Gasteiger partial charge in [0.1, 0.15) is 11.2 Å². The molecule has 0 unspecified atom stereocenters. The van der Waals surface area contributed by atoms with E-state index in [1.807, 2.05) is 0 Å². The molecule has 0 aromatic heterocycles. The molecule has 0 aliphatic carbocycles. The third-order valence-electron chi connectivity index (χ3n) is 4.14. The number of fused-ring (bicyclic) bond motifs is 2. The topological polar surface area (TPSA) is 67.9 Å². The lowest BCUT2D eigenvalue weighted by Gasteiger charge is -2.44. The third kappa shape index (κ3) is 3.08. The number of amides is 2. The SMILES string of the molecule is CC(C)(C)OC(=O)N1C(=O)OC2(CCNCC2)c2cc(Cl)ccc21. The van der Waals surface area contributed by atoms with Crippen LogP contribution in [0.2, 0.25) is 5.02 Å². The highest BCUT2D eigenvalue weighted by Gasteiger charge is 2.48. The van der Waals surface area contributed by atoms with Crippen molar-refractivity contribution in [2.24, 2.45) is 0 Å². The fourth-order valence-corrected chi connectivity index (χ4v) is 3.29. The second-order valence-corrected chi connectivity index (χ2v) is 7.53. The van der Waals surface area contributed by atoms with Gasteiger partial charge in [0.25, 0.3) is 0 Å². The summed E-state index contributed by atoms with van der Waals surface area (Å²) in [6.07, 6.45) is -0.191. The maximum Gasteiger partial charge on any atom is 0.424 e. The van der Waals surface area contributed by atoms with E-state index in [0.29, 0.717) is 23.6 Å². The molecule has 2 amide bonds. The number of benzene rings is 1. The van der Waals surface area contributed by atoms with Gasteiger partial charge in [0.15, 0.2) is 0 Å². The Hall–Kier alpha value is -1.79. The molecule has 2 aliphatic rings. The van der Waals surface area contributed by atoms with Crippen molar-refractivity contribution >= 4 is 29.5 Å². The van der Waals surface area contributed by atoms with Crippen molar-refractivity contribution < 1.29 is 19.1 Å². The van der Waals surface area contributed by atoms with Crippen LogP contribution in [0, 0.1) is 0 Å². The minimum atomic E-state index is -0.750. The Morgan fingerprint density at radius 3 is 2.62 bits per heavy atom. The van der Waals surface area contributed by atoms with Gasteiger partial charge in [-0.15, -0.1) is 0 Å². The highest BCUT2D eigenvalue weighted by atomic mass is 35.5. The summed E-state index contributed by atoms with van der Waals surface area (Å²) in [5.74, 6) is 0. The molecular formula is C17H21ClN2O4. The van der Waals surface area contributed by atoms with E-state index in [0.717, 1.165) is 23.6 Å². The predicted molar refractivity (Wildman–Crippen MR) is 90.4 cm³/mol. The second-order valence-electron chi connectivity index (χ2n) is 7.09. The summed E-state index contributed by atoms with van der Waals surface area (Å²) in [6, 6.07) is 5.10. The van der Waals surface area contributed by atoms with Gasteiger partial charge in [0.2, 0.25) is 0 Å². The maximum atomic E-state index is 12.6. The highest BCUT2D eigenvalue weighted by Crippen LogP contribution is 2.45. The van der Waals surface area contributed by atoms with E-state index in [9.17, 15) is 9.59 Å². The summed E-state index contributed by atoms with van der Waals surface area (Å²) in [5, 5.41) is 3.79. The summed E-state index contributed by atoms with van der Waals surface area (Å²) >= 11 is 6.16. The number of imide groups is 1. The van der Waals surface area contributed by atoms with Crippen molar-refractivity contribution in [1.82, 2.24) is 5.32 Å². The lowest BCUT2D eigenvalue weighted by Crippen LogP contribution is -2.53. The van der Waals surface area contributed by atoms with E-state index >= 15 is 0 Å². The molecule has 130 valence electrons. The largest absolute Gasteiger partial charge is 0.443 e. The van der Waals surface area contributed by atoms with E-state index in [-0.39, 0.29) is 0 Å². The molecule has 2 aliphatic heterocycles. The summed E-state index contributed by atoms with van der Waals surface area (Å²) in [7, 11) is 0. The highest BCUT2D eigenvalue weighted by molar-refractivity contribution is 6.31. The Morgan fingerprint density at radius 2 is 2.00 bits per heavy atom. The molecule has 0 radical (unpaired) electrons. The molecule has 1 aromatic rings. The number of ether oxygens (including phenoxy) is 2. The minimum Gasteiger partial charge on any atom is -0.443 e. The van der Waals surface area contributed by atoms with Crippen LogP contribution < -0.4 is 10.2 Å². The summed E-state index contributed by atoms with van der Waals surface area (Å²) in [4.78, 5) is 26.0. The number of hydrogen-bond acceptors (Lipinski definition) is 5. The average molecular weight is 353 g/mol. The number of piperidine rings is 1. The monoisotopic (exact) mass is 352 g/mol. The maximum absolute atomic E-state index is 12.6. The third-order valence-corrected chi connectivity index (χ3v) is 4.38. The molecule has 7 heteroatoms. The first kappa shape index (κ1) is 17.0. The van der Waals surface area contributed by atoms with Crippen LogP contribution in [0.5, 0.6) is 0 Å². The molecule has 1 N–H and O–H groups in total. The zero-order valence-corrected chi connectivity index (χ0v) is 14.8. The number of nitrogens with one attached hydrogen (secondary N) is 1. The van der Waals surface area contributed by atoms with Crippen molar-refractivity contribution in [1.29, 1.82) is 0 Å². The Bertz CT molecular complexity index is 678. The van der Waals surface area contributed by atoms with Crippen LogP contribution in [-0.4, -0.2) is 30.9 Å². The zero-order valence-electron chi connectivity index (χ0n) is 14.0. The molecule has 1 saturated heterocycles. The first-order chi connectivity index (χ1) is 11.2. The van der Waals surface area contributed by atoms with Crippen LogP contribution in [0.15, 0.2) is 18.2 Å². The van der Waals surface area contributed by atoms with Gasteiger partial charge in [-0.1, -0.05) is 11.6 Å². The van der Waals surface area contributed by atoms with Crippen LogP contribution >= 0.6 is 11.6 Å². The van der Waals surface area contributed by atoms with Crippen LogP contribution in [0.3, 0.4) is 0 Å². The van der Waals surface area contributed by atoms with Gasteiger partial charge in [-0.25, -0.2) is 9.59 Å². The van der Waals surface area contributed by atoms with Gasteiger partial charge < -0.3 is 14.8 Å². The number of anilines is 1. The number of rotatable bonds is 0. The quantitative estimate of drug-likeness (QED) is 0.769. The normalized spacial score (nSPS) is 19.7. The van der Waals surface area contributed by atoms with Crippen molar-refractivity contribution in [3.8, 4) is 0 Å². The summed E-state index contributed by atoms with van der Waals surface area (Å²) in [6.45, 7) is 6.70. The summed E-state index contributed by atoms with van der Waals surface area (Å²) in [5.41, 5.74) is -0.233. The van der Waals surface area contributed by atoms with E-state index < -0.39 is 23.4 Å². The van der Waals surface area contributed by atoms with Gasteiger partial charge in [0, 0.05) is 23.4 Å². The van der Waals surface area contributed by atoms with Crippen LogP contribution in [0.25, 0.3) is 0 Å². The fourth-order valence-electron chi connectivity index (χ4n) is 3.12. The molecule has 1 fully saturated rings. The number of halogens is 1. The number of hydrogen-bond donors (Lipinski definition) is 1. The van der Waals surface area contributed by atoms with Gasteiger partial charge in [0.05, 0.1) is 5.69 Å². The lowest BCUT2D eigenvalue weighted by molar-refractivity contribution is -0.0194. The van der Waals surface area contributed by atoms with Crippen LogP contribution in [0.1, 0.15) is 39.2 Å². The molecular weight excluding hydrogens is 332 g/mol. The lowest BCUT2D eigenvalue weighted by atomic mass is 9.82.